The summed E-state index contributed by atoms with van der Waals surface area (Å²) in [7, 11) is 0. The van der Waals surface area contributed by atoms with Crippen LogP contribution in [0.2, 0.25) is 0 Å². The molecule has 0 unspecified atom stereocenters. The van der Waals surface area contributed by atoms with Crippen LogP contribution < -0.4 is 0 Å². The number of hydrogen-bond acceptors (Lipinski definition) is 6. The normalized spacial score (nSPS) is 24.8. The van der Waals surface area contributed by atoms with Crippen molar-refractivity contribution in [1.82, 2.24) is 9.88 Å². The second kappa shape index (κ2) is 10.9. The maximum Gasteiger partial charge on any atom is 0.234 e. The number of allylic oxidation sites excluding steroid dienone is 2. The molecule has 3 aliphatic rings. The van der Waals surface area contributed by atoms with Gasteiger partial charge in [-0.3, -0.25) is 19.5 Å². The number of nitrogens with zero attached hydrogens (tertiary/aromatic N) is 2. The van der Waals surface area contributed by atoms with E-state index in [4.69, 9.17) is 4.74 Å². The highest BCUT2D eigenvalue weighted by atomic mass is 32.1. The number of thiophene rings is 1. The number of amides is 2. The lowest BCUT2D eigenvalue weighted by atomic mass is 9.69. The molecule has 4 atom stereocenters. The maximum absolute atomic E-state index is 13.6. The molecule has 7 heteroatoms. The molecule has 0 spiro atoms. The van der Waals surface area contributed by atoms with Gasteiger partial charge in [-0.2, -0.15) is 0 Å². The zero-order valence-corrected chi connectivity index (χ0v) is 22.8. The van der Waals surface area contributed by atoms with Gasteiger partial charge in [0.05, 0.1) is 36.8 Å². The van der Waals surface area contributed by atoms with Crippen molar-refractivity contribution >= 4 is 34.8 Å². The number of hydrogen-bond donors (Lipinski definition) is 1. The number of rotatable bonds is 8. The molecule has 6 nitrogen and oxygen atoms in total. The molecule has 3 aromatic rings. The van der Waals surface area contributed by atoms with Crippen molar-refractivity contribution in [3.05, 3.63) is 93.5 Å². The quantitative estimate of drug-likeness (QED) is 0.276. The van der Waals surface area contributed by atoms with Gasteiger partial charge in [0, 0.05) is 22.6 Å². The predicted octanol–water partition coefficient (Wildman–Crippen LogP) is 6.10. The third-order valence-electron chi connectivity index (χ3n) is 8.36. The fourth-order valence-corrected chi connectivity index (χ4v) is 7.19. The number of phenols is 1. The maximum atomic E-state index is 13.6. The molecule has 39 heavy (non-hydrogen) atoms. The van der Waals surface area contributed by atoms with Crippen LogP contribution in [0.1, 0.15) is 48.7 Å². The Kier molecular flexibility index (Phi) is 7.19. The van der Waals surface area contributed by atoms with Crippen LogP contribution in [-0.4, -0.2) is 39.5 Å². The van der Waals surface area contributed by atoms with Crippen LogP contribution in [0.15, 0.2) is 77.3 Å². The summed E-state index contributed by atoms with van der Waals surface area (Å²) in [5.41, 5.74) is 5.14. The Balaban J connectivity index is 1.25. The molecule has 1 aliphatic carbocycles. The summed E-state index contributed by atoms with van der Waals surface area (Å²) < 4.78 is 6.39. The third-order valence-corrected chi connectivity index (χ3v) is 9.22. The smallest absolute Gasteiger partial charge is 0.234 e. The number of benzene rings is 1. The van der Waals surface area contributed by atoms with Gasteiger partial charge in [-0.05, 0) is 72.6 Å². The molecule has 200 valence electrons. The first-order chi connectivity index (χ1) is 19.0. The highest BCUT2D eigenvalue weighted by Crippen LogP contribution is 2.51. The highest BCUT2D eigenvalue weighted by Gasteiger charge is 2.56. The Bertz CT molecular complexity index is 1430. The fourth-order valence-electron chi connectivity index (χ4n) is 6.50. The van der Waals surface area contributed by atoms with E-state index in [0.29, 0.717) is 26.0 Å². The lowest BCUT2D eigenvalue weighted by Gasteiger charge is -2.31. The van der Waals surface area contributed by atoms with Gasteiger partial charge >= 0.3 is 0 Å². The Hall–Kier alpha value is -3.55. The molecular formula is C32H32N2O4S. The van der Waals surface area contributed by atoms with Crippen molar-refractivity contribution in [3.8, 4) is 5.75 Å². The van der Waals surface area contributed by atoms with E-state index >= 15 is 0 Å². The summed E-state index contributed by atoms with van der Waals surface area (Å²) in [6.07, 6.45) is 6.61. The number of carbonyl (C=O) groups excluding carboxylic acids is 2. The number of carbonyl (C=O) groups is 2. The Morgan fingerprint density at radius 2 is 1.95 bits per heavy atom. The second-order valence-corrected chi connectivity index (χ2v) is 11.5. The Morgan fingerprint density at radius 1 is 1.10 bits per heavy atom. The first-order valence-electron chi connectivity index (χ1n) is 13.7. The summed E-state index contributed by atoms with van der Waals surface area (Å²) in [4.78, 5) is 34.1. The van der Waals surface area contributed by atoms with Crippen LogP contribution >= 0.6 is 11.3 Å². The van der Waals surface area contributed by atoms with Gasteiger partial charge in [-0.15, -0.1) is 11.3 Å². The fraction of sp³-hybridized carbons (Fsp3) is 0.344. The van der Waals surface area contributed by atoms with E-state index in [9.17, 15) is 14.7 Å². The third kappa shape index (κ3) is 4.85. The molecule has 4 heterocycles. The molecule has 1 aromatic carbocycles. The predicted molar refractivity (Wildman–Crippen MR) is 151 cm³/mol. The molecule has 1 N–H and O–H groups in total. The van der Waals surface area contributed by atoms with Crippen LogP contribution in [0.4, 0.5) is 0 Å². The molecule has 2 aromatic heterocycles. The van der Waals surface area contributed by atoms with E-state index in [-0.39, 0.29) is 41.4 Å². The number of likely N-dealkylation sites (tertiary alicyclic amines) is 1. The van der Waals surface area contributed by atoms with Crippen LogP contribution in [0, 0.1) is 17.8 Å². The van der Waals surface area contributed by atoms with Gasteiger partial charge in [0.2, 0.25) is 11.8 Å². The number of aromatic nitrogens is 1. The van der Waals surface area contributed by atoms with E-state index in [1.807, 2.05) is 60.0 Å². The molecule has 2 saturated heterocycles. The minimum Gasteiger partial charge on any atom is -0.507 e. The number of aromatic hydroxyl groups is 1. The molecule has 2 aliphatic heterocycles. The monoisotopic (exact) mass is 540 g/mol. The van der Waals surface area contributed by atoms with Gasteiger partial charge in [0.25, 0.3) is 0 Å². The second-order valence-electron chi connectivity index (χ2n) is 10.5. The molecule has 6 rings (SSSR count). The van der Waals surface area contributed by atoms with Crippen molar-refractivity contribution in [2.24, 2.45) is 17.8 Å². The minimum atomic E-state index is -0.333. The van der Waals surface area contributed by atoms with Gasteiger partial charge in [0.15, 0.2) is 0 Å². The topological polar surface area (TPSA) is 79.7 Å². The van der Waals surface area contributed by atoms with E-state index in [1.165, 1.54) is 16.0 Å². The van der Waals surface area contributed by atoms with Gasteiger partial charge in [-0.25, -0.2) is 0 Å². The zero-order chi connectivity index (χ0) is 26.9. The standard InChI is InChI=1S/C32H32N2O4S/c1-2-20-17-24-30(32(37)34(31(24)36)18-23-9-7-15-39-23)25-19-38-28(29(20)25)13-12-21(26-10-5-6-14-33-26)16-22-8-3-4-11-27(22)35/h3-11,14-16,24-25,28,30,35H,2,12-13,17-19H2,1H3/b21-16-/t24-,25+,28-,30-/m1/s1. The van der Waals surface area contributed by atoms with E-state index in [0.717, 1.165) is 34.5 Å². The van der Waals surface area contributed by atoms with Crippen LogP contribution in [0.5, 0.6) is 5.75 Å². The Morgan fingerprint density at radius 3 is 2.69 bits per heavy atom. The molecule has 2 amide bonds. The van der Waals surface area contributed by atoms with Crippen LogP contribution in [-0.2, 0) is 20.9 Å². The lowest BCUT2D eigenvalue weighted by molar-refractivity contribution is -0.140. The average Bonchev–Trinajstić information content (AvgIpc) is 3.68. The first kappa shape index (κ1) is 25.7. The van der Waals surface area contributed by atoms with Crippen LogP contribution in [0.3, 0.4) is 0 Å². The zero-order valence-electron chi connectivity index (χ0n) is 22.0. The number of fused-ring (bicyclic) bond motifs is 3. The van der Waals surface area contributed by atoms with Crippen molar-refractivity contribution in [3.63, 3.8) is 0 Å². The largest absolute Gasteiger partial charge is 0.507 e. The molecular weight excluding hydrogens is 508 g/mol. The van der Waals surface area contributed by atoms with Crippen molar-refractivity contribution in [2.45, 2.75) is 45.3 Å². The molecule has 0 radical (unpaired) electrons. The molecule has 0 saturated carbocycles. The summed E-state index contributed by atoms with van der Waals surface area (Å²) in [5, 5.41) is 12.4. The number of ether oxygens (including phenoxy) is 1. The molecule has 0 bridgehead atoms. The van der Waals surface area contributed by atoms with Crippen molar-refractivity contribution in [1.29, 1.82) is 0 Å². The van der Waals surface area contributed by atoms with E-state index in [1.54, 1.807) is 23.6 Å². The molecule has 2 fully saturated rings. The number of imide groups is 1. The van der Waals surface area contributed by atoms with E-state index < -0.39 is 0 Å². The van der Waals surface area contributed by atoms with Gasteiger partial charge < -0.3 is 9.84 Å². The minimum absolute atomic E-state index is 0.0325. The van der Waals surface area contributed by atoms with Gasteiger partial charge in [-0.1, -0.05) is 42.8 Å². The number of pyridine rings is 1. The highest BCUT2D eigenvalue weighted by molar-refractivity contribution is 7.09. The van der Waals surface area contributed by atoms with Crippen LogP contribution in [0.25, 0.3) is 11.6 Å². The number of phenolic OH excluding ortho intramolecular Hbond substituents is 1. The summed E-state index contributed by atoms with van der Waals surface area (Å²) in [5.74, 6) is -0.514. The summed E-state index contributed by atoms with van der Waals surface area (Å²) in [6, 6.07) is 17.1. The lowest BCUT2D eigenvalue weighted by Crippen LogP contribution is -2.34. The van der Waals surface area contributed by atoms with Gasteiger partial charge in [0.1, 0.15) is 5.75 Å². The van der Waals surface area contributed by atoms with Crippen molar-refractivity contribution in [2.75, 3.05) is 6.61 Å². The Labute approximate surface area is 232 Å². The van der Waals surface area contributed by atoms with E-state index in [2.05, 4.69) is 11.9 Å². The summed E-state index contributed by atoms with van der Waals surface area (Å²) >= 11 is 1.57. The SMILES string of the molecule is CCC1=C2[C@@H](CC/C(=C/c3ccccc3O)c3ccccn3)OC[C@@H]2[C@@H]2C(=O)N(Cc3cccs3)C(=O)[C@@H]2C1. The van der Waals surface area contributed by atoms with Crippen molar-refractivity contribution < 1.29 is 19.4 Å². The first-order valence-corrected chi connectivity index (χ1v) is 14.5. The average molecular weight is 541 g/mol. The summed E-state index contributed by atoms with van der Waals surface area (Å²) in [6.45, 7) is 2.97. The number of para-hydroxylation sites is 1.